The van der Waals surface area contributed by atoms with E-state index < -0.39 is 60.5 Å². The smallest absolute Gasteiger partial charge is 0.335 e. The van der Waals surface area contributed by atoms with Gasteiger partial charge >= 0.3 is 11.9 Å². The molecule has 0 saturated carbocycles. The fourth-order valence-electron chi connectivity index (χ4n) is 6.33. The topological polar surface area (TPSA) is 154 Å². The highest BCUT2D eigenvalue weighted by Gasteiger charge is 2.80. The summed E-state index contributed by atoms with van der Waals surface area (Å²) in [6.07, 6.45) is 0. The predicted molar refractivity (Wildman–Crippen MR) is 147 cm³/mol. The number of ketones is 1. The number of benzene rings is 3. The molecule has 0 aliphatic heterocycles. The lowest BCUT2D eigenvalue weighted by Crippen LogP contribution is -2.52. The van der Waals surface area contributed by atoms with Gasteiger partial charge in [-0.1, -0.05) is 78.9 Å². The zero-order valence-corrected chi connectivity index (χ0v) is 22.8. The molecule has 206 valence electrons. The number of ether oxygens (including phenoxy) is 2. The van der Waals surface area contributed by atoms with Crippen molar-refractivity contribution in [2.24, 2.45) is 11.1 Å². The standard InChI is InChI=1S/C31H24N2O7S/c1-39-27(35)23-24(28(36)40-2)31(26(34)19-12-6-3-7-13-19)25(33)22(18-32)30(23,20-14-8-4-9-15-20)29(31)41(37,38)21-16-10-5-11-17-21/h3-17,29H,33H2,1-2H3/t29?,30-,31-/m1/s1. The van der Waals surface area contributed by atoms with Gasteiger partial charge in [0.1, 0.15) is 10.7 Å². The molecule has 0 amide bonds. The van der Waals surface area contributed by atoms with Crippen molar-refractivity contribution in [2.45, 2.75) is 15.6 Å². The largest absolute Gasteiger partial charge is 0.466 e. The molecular formula is C31H24N2O7S. The number of nitriles is 1. The zero-order chi connectivity index (χ0) is 29.6. The van der Waals surface area contributed by atoms with Crippen molar-refractivity contribution in [1.82, 2.24) is 0 Å². The molecule has 2 aliphatic carbocycles. The first kappa shape index (κ1) is 27.6. The number of carbonyl (C=O) groups is 3. The lowest BCUT2D eigenvalue weighted by Gasteiger charge is -2.36. The van der Waals surface area contributed by atoms with Crippen molar-refractivity contribution in [2.75, 3.05) is 14.2 Å². The number of allylic oxidation sites excluding steroid dienone is 2. The number of esters is 2. The maximum absolute atomic E-state index is 14.9. The first-order valence-corrected chi connectivity index (χ1v) is 14.0. The fourth-order valence-corrected chi connectivity index (χ4v) is 8.79. The number of methoxy groups -OCH3 is 2. The van der Waals surface area contributed by atoms with Crippen LogP contribution in [0.1, 0.15) is 15.9 Å². The Bertz CT molecular complexity index is 1790. The molecule has 3 atom stereocenters. The third kappa shape index (κ3) is 3.45. The highest BCUT2D eigenvalue weighted by Crippen LogP contribution is 2.70. The molecule has 0 spiro atoms. The molecule has 0 heterocycles. The van der Waals surface area contributed by atoms with Crippen molar-refractivity contribution in [3.05, 3.63) is 125 Å². The molecule has 10 heteroatoms. The van der Waals surface area contributed by atoms with Crippen LogP contribution in [0.4, 0.5) is 0 Å². The number of hydrogen-bond donors (Lipinski definition) is 1. The molecule has 5 rings (SSSR count). The molecule has 1 unspecified atom stereocenters. The molecule has 2 bridgehead atoms. The molecule has 3 aromatic carbocycles. The van der Waals surface area contributed by atoms with E-state index in [0.29, 0.717) is 0 Å². The molecular weight excluding hydrogens is 544 g/mol. The summed E-state index contributed by atoms with van der Waals surface area (Å²) in [7, 11) is -2.57. The summed E-state index contributed by atoms with van der Waals surface area (Å²) >= 11 is 0. The maximum atomic E-state index is 14.9. The number of sulfone groups is 1. The minimum atomic E-state index is -4.67. The summed E-state index contributed by atoms with van der Waals surface area (Å²) in [4.78, 5) is 42.0. The molecule has 2 aliphatic rings. The minimum absolute atomic E-state index is 0.0115. The minimum Gasteiger partial charge on any atom is -0.466 e. The van der Waals surface area contributed by atoms with Gasteiger partial charge in [-0.2, -0.15) is 5.26 Å². The molecule has 0 radical (unpaired) electrons. The molecule has 3 aromatic rings. The highest BCUT2D eigenvalue weighted by molar-refractivity contribution is 7.92. The molecule has 2 N–H and O–H groups in total. The second-order valence-electron chi connectivity index (χ2n) is 9.55. The van der Waals surface area contributed by atoms with Gasteiger partial charge in [0.2, 0.25) is 0 Å². The Morgan fingerprint density at radius 1 is 0.805 bits per heavy atom. The lowest BCUT2D eigenvalue weighted by atomic mass is 9.70. The molecule has 9 nitrogen and oxygen atoms in total. The van der Waals surface area contributed by atoms with E-state index in [-0.39, 0.29) is 21.6 Å². The van der Waals surface area contributed by atoms with Crippen molar-refractivity contribution in [3.63, 3.8) is 0 Å². The summed E-state index contributed by atoms with van der Waals surface area (Å²) in [6.45, 7) is 0. The summed E-state index contributed by atoms with van der Waals surface area (Å²) in [5.41, 5.74) is 0.294. The van der Waals surface area contributed by atoms with Crippen LogP contribution in [0, 0.1) is 16.7 Å². The van der Waals surface area contributed by atoms with Crippen molar-refractivity contribution < 1.29 is 32.3 Å². The van der Waals surface area contributed by atoms with Crippen LogP contribution in [0.25, 0.3) is 0 Å². The summed E-state index contributed by atoms with van der Waals surface area (Å²) in [5, 5.41) is 8.62. The summed E-state index contributed by atoms with van der Waals surface area (Å²) in [5.74, 6) is -3.14. The molecule has 41 heavy (non-hydrogen) atoms. The van der Waals surface area contributed by atoms with E-state index in [1.807, 2.05) is 6.07 Å². The summed E-state index contributed by atoms with van der Waals surface area (Å²) < 4.78 is 39.9. The Morgan fingerprint density at radius 3 is 1.80 bits per heavy atom. The average molecular weight is 569 g/mol. The lowest BCUT2D eigenvalue weighted by molar-refractivity contribution is -0.140. The quantitative estimate of drug-likeness (QED) is 0.335. The Balaban J connectivity index is 2.08. The number of carbonyl (C=O) groups excluding carboxylic acids is 3. The van der Waals surface area contributed by atoms with Crippen molar-refractivity contribution in [1.29, 1.82) is 5.26 Å². The Morgan fingerprint density at radius 2 is 1.29 bits per heavy atom. The van der Waals surface area contributed by atoms with Crippen LogP contribution in [0.2, 0.25) is 0 Å². The monoisotopic (exact) mass is 568 g/mol. The number of rotatable bonds is 7. The van der Waals surface area contributed by atoms with E-state index >= 15 is 0 Å². The van der Waals surface area contributed by atoms with Crippen LogP contribution in [0.5, 0.6) is 0 Å². The number of nitrogens with zero attached hydrogens (tertiary/aromatic N) is 1. The number of Topliss-reactive ketones (excluding diaryl/α,β-unsaturated/α-hetero) is 1. The maximum Gasteiger partial charge on any atom is 0.335 e. The van der Waals surface area contributed by atoms with Crippen LogP contribution in [0.15, 0.2) is 118 Å². The van der Waals surface area contributed by atoms with Crippen LogP contribution >= 0.6 is 0 Å². The highest BCUT2D eigenvalue weighted by atomic mass is 32.2. The summed E-state index contributed by atoms with van der Waals surface area (Å²) in [6, 6.07) is 24.8. The van der Waals surface area contributed by atoms with E-state index in [9.17, 15) is 28.1 Å². The number of nitrogens with two attached hydrogens (primary N) is 1. The van der Waals surface area contributed by atoms with Gasteiger partial charge in [-0.25, -0.2) is 18.0 Å². The van der Waals surface area contributed by atoms with Gasteiger partial charge in [0, 0.05) is 11.3 Å². The van der Waals surface area contributed by atoms with E-state index in [2.05, 4.69) is 0 Å². The average Bonchev–Trinajstić information content (AvgIpc) is 3.44. The van der Waals surface area contributed by atoms with Gasteiger partial charge in [0.15, 0.2) is 15.6 Å². The fraction of sp³-hybridized carbons (Fsp3) is 0.161. The second kappa shape index (κ2) is 9.87. The van der Waals surface area contributed by atoms with Crippen molar-refractivity contribution >= 4 is 27.6 Å². The Hall–Kier alpha value is -5.01. The molecule has 0 saturated heterocycles. The number of fused-ring (bicyclic) bond motifs is 2. The zero-order valence-electron chi connectivity index (χ0n) is 22.0. The van der Waals surface area contributed by atoms with Gasteiger partial charge in [0.05, 0.1) is 47.3 Å². The van der Waals surface area contributed by atoms with Gasteiger partial charge in [0.25, 0.3) is 0 Å². The van der Waals surface area contributed by atoms with E-state index in [1.54, 1.807) is 42.5 Å². The van der Waals surface area contributed by atoms with E-state index in [0.717, 1.165) is 14.2 Å². The van der Waals surface area contributed by atoms with E-state index in [4.69, 9.17) is 15.2 Å². The van der Waals surface area contributed by atoms with Crippen LogP contribution in [-0.4, -0.2) is 45.6 Å². The van der Waals surface area contributed by atoms with Crippen LogP contribution in [0.3, 0.4) is 0 Å². The Labute approximate surface area is 236 Å². The van der Waals surface area contributed by atoms with E-state index in [1.165, 1.54) is 48.5 Å². The van der Waals surface area contributed by atoms with Crippen LogP contribution < -0.4 is 5.73 Å². The third-order valence-corrected chi connectivity index (χ3v) is 10.1. The van der Waals surface area contributed by atoms with Gasteiger partial charge in [-0.3, -0.25) is 4.79 Å². The first-order chi connectivity index (χ1) is 19.7. The first-order valence-electron chi connectivity index (χ1n) is 12.4. The SMILES string of the molecule is COC(=O)C1=C(C(=O)OC)[C@@]2(c3ccccc3)C(C#N)=C(N)[C@]1(C(=O)c1ccccc1)C2S(=O)(=O)c1ccccc1. The van der Waals surface area contributed by atoms with Gasteiger partial charge in [-0.05, 0) is 17.7 Å². The number of hydrogen-bond acceptors (Lipinski definition) is 9. The Kier molecular flexibility index (Phi) is 6.63. The van der Waals surface area contributed by atoms with Crippen LogP contribution in [-0.2, 0) is 34.3 Å². The van der Waals surface area contributed by atoms with Gasteiger partial charge in [-0.15, -0.1) is 0 Å². The molecule has 0 fully saturated rings. The predicted octanol–water partition coefficient (Wildman–Crippen LogP) is 3.04. The third-order valence-electron chi connectivity index (χ3n) is 7.81. The van der Waals surface area contributed by atoms with Crippen molar-refractivity contribution in [3.8, 4) is 6.07 Å². The molecule has 0 aromatic heterocycles. The normalized spacial score (nSPS) is 23.2. The second-order valence-corrected chi connectivity index (χ2v) is 11.6. The van der Waals surface area contributed by atoms with Gasteiger partial charge < -0.3 is 15.2 Å².